The maximum absolute atomic E-state index is 12.2. The molecule has 1 rings (SSSR count). The minimum absolute atomic E-state index is 0.0386. The van der Waals surface area contributed by atoms with Gasteiger partial charge in [0, 0.05) is 6.07 Å². The lowest BCUT2D eigenvalue weighted by molar-refractivity contribution is -0.142. The second-order valence-corrected chi connectivity index (χ2v) is 3.27. The quantitative estimate of drug-likeness (QED) is 0.812. The van der Waals surface area contributed by atoms with E-state index in [0.717, 1.165) is 6.07 Å². The van der Waals surface area contributed by atoms with Crippen LogP contribution in [0.25, 0.3) is 0 Å². The van der Waals surface area contributed by atoms with Crippen molar-refractivity contribution in [1.82, 2.24) is 9.78 Å². The molecule has 9 heteroatoms. The van der Waals surface area contributed by atoms with Crippen LogP contribution >= 0.6 is 0 Å². The second-order valence-electron chi connectivity index (χ2n) is 3.27. The Morgan fingerprint density at radius 3 is 2.56 bits per heavy atom. The van der Waals surface area contributed by atoms with Gasteiger partial charge in [0.15, 0.2) is 5.69 Å². The standard InChI is InChI=1S/C9H10F3N3O3/c1-2-18-8(17)5-3-6(7(13)16)15(14-5)4-9(10,11)12/h3H,2,4H2,1H3,(H2,13,16). The lowest BCUT2D eigenvalue weighted by Gasteiger charge is -2.07. The molecule has 0 radical (unpaired) electrons. The van der Waals surface area contributed by atoms with Gasteiger partial charge in [-0.1, -0.05) is 0 Å². The molecule has 0 saturated heterocycles. The molecule has 18 heavy (non-hydrogen) atoms. The van der Waals surface area contributed by atoms with Crippen molar-refractivity contribution in [3.8, 4) is 0 Å². The summed E-state index contributed by atoms with van der Waals surface area (Å²) in [5.74, 6) is -2.02. The highest BCUT2D eigenvalue weighted by Crippen LogP contribution is 2.19. The number of carbonyl (C=O) groups is 2. The molecule has 0 bridgehead atoms. The fourth-order valence-electron chi connectivity index (χ4n) is 1.21. The molecular formula is C9H10F3N3O3. The third-order valence-corrected chi connectivity index (χ3v) is 1.85. The molecule has 0 aliphatic heterocycles. The number of nitrogens with two attached hydrogens (primary N) is 1. The van der Waals surface area contributed by atoms with Gasteiger partial charge in [0.2, 0.25) is 0 Å². The van der Waals surface area contributed by atoms with Gasteiger partial charge in [-0.15, -0.1) is 0 Å². The van der Waals surface area contributed by atoms with Gasteiger partial charge in [-0.2, -0.15) is 18.3 Å². The molecule has 100 valence electrons. The van der Waals surface area contributed by atoms with Gasteiger partial charge in [0.25, 0.3) is 5.91 Å². The largest absolute Gasteiger partial charge is 0.461 e. The van der Waals surface area contributed by atoms with Crippen LogP contribution in [0.1, 0.15) is 27.9 Å². The molecule has 0 aliphatic carbocycles. The van der Waals surface area contributed by atoms with Gasteiger partial charge >= 0.3 is 12.1 Å². The Morgan fingerprint density at radius 1 is 1.50 bits per heavy atom. The van der Waals surface area contributed by atoms with E-state index in [1.54, 1.807) is 0 Å². The molecule has 0 spiro atoms. The second kappa shape index (κ2) is 5.07. The van der Waals surface area contributed by atoms with Crippen molar-refractivity contribution in [2.75, 3.05) is 6.61 Å². The number of halogens is 3. The maximum atomic E-state index is 12.2. The molecule has 1 amide bonds. The van der Waals surface area contributed by atoms with E-state index < -0.39 is 36.0 Å². The first-order valence-corrected chi connectivity index (χ1v) is 4.86. The van der Waals surface area contributed by atoms with Gasteiger partial charge in [-0.25, -0.2) is 9.48 Å². The highest BCUT2D eigenvalue weighted by molar-refractivity contribution is 5.95. The summed E-state index contributed by atoms with van der Waals surface area (Å²) in [7, 11) is 0. The van der Waals surface area contributed by atoms with Gasteiger partial charge in [-0.05, 0) is 6.92 Å². The summed E-state index contributed by atoms with van der Waals surface area (Å²) < 4.78 is 41.5. The number of esters is 1. The van der Waals surface area contributed by atoms with E-state index in [1.807, 2.05) is 0 Å². The highest BCUT2D eigenvalue weighted by atomic mass is 19.4. The van der Waals surface area contributed by atoms with E-state index in [0.29, 0.717) is 4.68 Å². The van der Waals surface area contributed by atoms with Crippen LogP contribution in [0.3, 0.4) is 0 Å². The molecule has 1 aromatic heterocycles. The zero-order valence-corrected chi connectivity index (χ0v) is 9.32. The number of aromatic nitrogens is 2. The van der Waals surface area contributed by atoms with E-state index >= 15 is 0 Å². The molecule has 0 saturated carbocycles. The third kappa shape index (κ3) is 3.47. The minimum Gasteiger partial charge on any atom is -0.461 e. The highest BCUT2D eigenvalue weighted by Gasteiger charge is 2.31. The number of primary amides is 1. The Bertz CT molecular complexity index is 467. The summed E-state index contributed by atoms with van der Waals surface area (Å²) in [6.45, 7) is 0.0567. The first-order chi connectivity index (χ1) is 8.24. The van der Waals surface area contributed by atoms with Crippen LogP contribution in [0.2, 0.25) is 0 Å². The summed E-state index contributed by atoms with van der Waals surface area (Å²) in [6.07, 6.45) is -4.58. The monoisotopic (exact) mass is 265 g/mol. The Kier molecular flexibility index (Phi) is 3.94. The number of alkyl halides is 3. The minimum atomic E-state index is -4.58. The van der Waals surface area contributed by atoms with Crippen molar-refractivity contribution >= 4 is 11.9 Å². The lowest BCUT2D eigenvalue weighted by Crippen LogP contribution is -2.24. The first-order valence-electron chi connectivity index (χ1n) is 4.86. The van der Waals surface area contributed by atoms with Crippen LogP contribution in [0, 0.1) is 0 Å². The number of ether oxygens (including phenoxy) is 1. The maximum Gasteiger partial charge on any atom is 0.408 e. The topological polar surface area (TPSA) is 87.2 Å². The van der Waals surface area contributed by atoms with Crippen molar-refractivity contribution < 1.29 is 27.5 Å². The SMILES string of the molecule is CCOC(=O)c1cc(C(N)=O)n(CC(F)(F)F)n1. The fraction of sp³-hybridized carbons (Fsp3) is 0.444. The molecule has 6 nitrogen and oxygen atoms in total. The van der Waals surface area contributed by atoms with Crippen molar-refractivity contribution in [2.45, 2.75) is 19.6 Å². The van der Waals surface area contributed by atoms with Crippen LogP contribution in [0.15, 0.2) is 6.07 Å². The lowest BCUT2D eigenvalue weighted by atomic mass is 10.3. The Balaban J connectivity index is 3.09. The van der Waals surface area contributed by atoms with Crippen molar-refractivity contribution in [3.05, 3.63) is 17.5 Å². The average Bonchev–Trinajstić information content (AvgIpc) is 2.59. The zero-order chi connectivity index (χ0) is 13.9. The molecule has 1 heterocycles. The number of hydrogen-bond acceptors (Lipinski definition) is 4. The molecular weight excluding hydrogens is 255 g/mol. The summed E-state index contributed by atoms with van der Waals surface area (Å²) >= 11 is 0. The fourth-order valence-corrected chi connectivity index (χ4v) is 1.21. The number of carbonyl (C=O) groups excluding carboxylic acids is 2. The smallest absolute Gasteiger partial charge is 0.408 e. The van der Waals surface area contributed by atoms with Crippen LogP contribution in [-0.2, 0) is 11.3 Å². The van der Waals surface area contributed by atoms with E-state index in [2.05, 4.69) is 9.84 Å². The van der Waals surface area contributed by atoms with Crippen molar-refractivity contribution in [2.24, 2.45) is 5.73 Å². The third-order valence-electron chi connectivity index (χ3n) is 1.85. The molecule has 0 unspecified atom stereocenters. The Morgan fingerprint density at radius 2 is 2.11 bits per heavy atom. The van der Waals surface area contributed by atoms with Crippen LogP contribution in [-0.4, -0.2) is 34.4 Å². The molecule has 0 fully saturated rings. The predicted molar refractivity (Wildman–Crippen MR) is 52.8 cm³/mol. The number of rotatable bonds is 4. The summed E-state index contributed by atoms with van der Waals surface area (Å²) in [4.78, 5) is 22.2. The predicted octanol–water partition coefficient (Wildman–Crippen LogP) is 0.721. The Hall–Kier alpha value is -2.06. The summed E-state index contributed by atoms with van der Waals surface area (Å²) in [5.41, 5.74) is 4.00. The van der Waals surface area contributed by atoms with Crippen LogP contribution < -0.4 is 5.73 Å². The van der Waals surface area contributed by atoms with Crippen molar-refractivity contribution in [3.63, 3.8) is 0 Å². The first kappa shape index (κ1) is 14.0. The van der Waals surface area contributed by atoms with E-state index in [9.17, 15) is 22.8 Å². The zero-order valence-electron chi connectivity index (χ0n) is 9.32. The molecule has 0 aromatic carbocycles. The van der Waals surface area contributed by atoms with Gasteiger partial charge in [-0.3, -0.25) is 4.79 Å². The van der Waals surface area contributed by atoms with Gasteiger partial charge in [0.05, 0.1) is 6.61 Å². The summed E-state index contributed by atoms with van der Waals surface area (Å²) in [5, 5.41) is 3.36. The number of hydrogen-bond donors (Lipinski definition) is 1. The van der Waals surface area contributed by atoms with E-state index in [-0.39, 0.29) is 6.61 Å². The van der Waals surface area contributed by atoms with Crippen LogP contribution in [0.5, 0.6) is 0 Å². The van der Waals surface area contributed by atoms with E-state index in [4.69, 9.17) is 5.73 Å². The van der Waals surface area contributed by atoms with Crippen molar-refractivity contribution in [1.29, 1.82) is 0 Å². The van der Waals surface area contributed by atoms with E-state index in [1.165, 1.54) is 6.92 Å². The molecule has 0 atom stereocenters. The molecule has 0 aliphatic rings. The Labute approximate surface area is 99.5 Å². The average molecular weight is 265 g/mol. The number of amides is 1. The van der Waals surface area contributed by atoms with Gasteiger partial charge in [0.1, 0.15) is 12.2 Å². The summed E-state index contributed by atoms with van der Waals surface area (Å²) in [6, 6.07) is 0.867. The molecule has 2 N–H and O–H groups in total. The van der Waals surface area contributed by atoms with Gasteiger partial charge < -0.3 is 10.5 Å². The normalized spacial score (nSPS) is 11.3. The van der Waals surface area contributed by atoms with Crippen LogP contribution in [0.4, 0.5) is 13.2 Å². The number of nitrogens with zero attached hydrogens (tertiary/aromatic N) is 2. The molecule has 1 aromatic rings.